The minimum Gasteiger partial charge on any atom is -0.466 e. The Balaban J connectivity index is 1.91. The number of hydrogen-bond donors (Lipinski definition) is 0. The summed E-state index contributed by atoms with van der Waals surface area (Å²) in [6.45, 7) is 2.20. The van der Waals surface area contributed by atoms with Crippen molar-refractivity contribution in [2.45, 2.75) is 13.3 Å². The van der Waals surface area contributed by atoms with Crippen molar-refractivity contribution in [2.75, 3.05) is 6.61 Å². The van der Waals surface area contributed by atoms with Gasteiger partial charge in [-0.25, -0.2) is 4.98 Å². The van der Waals surface area contributed by atoms with Gasteiger partial charge in [0.1, 0.15) is 5.01 Å². The first-order valence-electron chi connectivity index (χ1n) is 7.52. The number of carbonyl (C=O) groups excluding carboxylic acids is 1. The van der Waals surface area contributed by atoms with Crippen LogP contribution in [0, 0.1) is 0 Å². The van der Waals surface area contributed by atoms with Crippen LogP contribution in [0.5, 0.6) is 0 Å². The van der Waals surface area contributed by atoms with Gasteiger partial charge in [-0.05, 0) is 18.1 Å². The van der Waals surface area contributed by atoms with E-state index >= 15 is 0 Å². The van der Waals surface area contributed by atoms with Crippen LogP contribution in [0.1, 0.15) is 12.6 Å². The second-order valence-electron chi connectivity index (χ2n) is 5.04. The van der Waals surface area contributed by atoms with Gasteiger partial charge in [0.25, 0.3) is 0 Å². The molecule has 0 aliphatic carbocycles. The van der Waals surface area contributed by atoms with Crippen molar-refractivity contribution in [1.29, 1.82) is 0 Å². The zero-order valence-electron chi connectivity index (χ0n) is 12.9. The lowest BCUT2D eigenvalue weighted by atomic mass is 10.0. The molecule has 0 aliphatic rings. The lowest BCUT2D eigenvalue weighted by Crippen LogP contribution is -2.07. The number of nitrogens with zero attached hydrogens (tertiary/aromatic N) is 1. The summed E-state index contributed by atoms with van der Waals surface area (Å²) in [4.78, 5) is 16.2. The molecule has 0 spiro atoms. The van der Waals surface area contributed by atoms with Crippen LogP contribution in [0.25, 0.3) is 21.7 Å². The van der Waals surface area contributed by atoms with E-state index in [1.165, 1.54) is 0 Å². The molecule has 0 fully saturated rings. The summed E-state index contributed by atoms with van der Waals surface area (Å²) in [5, 5.41) is 2.84. The second-order valence-corrected chi connectivity index (χ2v) is 5.90. The van der Waals surface area contributed by atoms with Gasteiger partial charge in [0.15, 0.2) is 0 Å². The van der Waals surface area contributed by atoms with E-state index in [4.69, 9.17) is 4.74 Å². The van der Waals surface area contributed by atoms with Gasteiger partial charge in [0.2, 0.25) is 0 Å². The van der Waals surface area contributed by atoms with Gasteiger partial charge in [-0.15, -0.1) is 11.3 Å². The van der Waals surface area contributed by atoms with Crippen LogP contribution >= 0.6 is 11.3 Å². The van der Waals surface area contributed by atoms with Crippen molar-refractivity contribution in [3.05, 3.63) is 65.7 Å². The fourth-order valence-corrected chi connectivity index (χ4v) is 3.27. The highest BCUT2D eigenvalue weighted by molar-refractivity contribution is 7.13. The number of aromatic nitrogens is 1. The van der Waals surface area contributed by atoms with Crippen LogP contribution in [0.2, 0.25) is 0 Å². The molecule has 0 unspecified atom stereocenters. The van der Waals surface area contributed by atoms with Gasteiger partial charge < -0.3 is 4.74 Å². The molecule has 0 saturated carbocycles. The van der Waals surface area contributed by atoms with Gasteiger partial charge in [-0.2, -0.15) is 0 Å². The molecule has 23 heavy (non-hydrogen) atoms. The van der Waals surface area contributed by atoms with E-state index in [1.54, 1.807) is 18.3 Å². The van der Waals surface area contributed by atoms with Gasteiger partial charge in [0, 0.05) is 10.9 Å². The van der Waals surface area contributed by atoms with Gasteiger partial charge in [-0.1, -0.05) is 54.6 Å². The van der Waals surface area contributed by atoms with Crippen molar-refractivity contribution in [3.63, 3.8) is 0 Å². The average Bonchev–Trinajstić information content (AvgIpc) is 3.04. The zero-order chi connectivity index (χ0) is 16.1. The maximum absolute atomic E-state index is 11.6. The summed E-state index contributed by atoms with van der Waals surface area (Å²) in [5.74, 6) is -0.235. The fourth-order valence-electron chi connectivity index (χ4n) is 2.41. The van der Waals surface area contributed by atoms with E-state index < -0.39 is 0 Å². The fraction of sp³-hybridized carbons (Fsp3) is 0.158. The van der Waals surface area contributed by atoms with Crippen molar-refractivity contribution in [1.82, 2.24) is 4.98 Å². The molecule has 3 nitrogen and oxygen atoms in total. The summed E-state index contributed by atoms with van der Waals surface area (Å²) in [6, 6.07) is 18.4. The lowest BCUT2D eigenvalue weighted by Gasteiger charge is -2.07. The van der Waals surface area contributed by atoms with Crippen molar-refractivity contribution in [3.8, 4) is 21.7 Å². The molecule has 0 atom stereocenters. The standard InChI is InChI=1S/C19H17NO2S/c1-2-22-18(21)12-15-13-23-19(20-15)17-11-7-6-10-16(17)14-8-4-3-5-9-14/h3-11,13H,2,12H2,1H3. The normalized spacial score (nSPS) is 10.5. The zero-order valence-corrected chi connectivity index (χ0v) is 13.7. The minimum absolute atomic E-state index is 0.220. The van der Waals surface area contributed by atoms with E-state index in [0.29, 0.717) is 6.61 Å². The average molecular weight is 323 g/mol. The molecule has 0 radical (unpaired) electrons. The number of esters is 1. The predicted octanol–water partition coefficient (Wildman–Crippen LogP) is 4.58. The second kappa shape index (κ2) is 7.20. The first-order valence-corrected chi connectivity index (χ1v) is 8.40. The highest BCUT2D eigenvalue weighted by Gasteiger charge is 2.12. The van der Waals surface area contributed by atoms with Crippen LogP contribution in [0.3, 0.4) is 0 Å². The number of benzene rings is 2. The van der Waals surface area contributed by atoms with E-state index in [9.17, 15) is 4.79 Å². The molecular weight excluding hydrogens is 306 g/mol. The minimum atomic E-state index is -0.235. The highest BCUT2D eigenvalue weighted by Crippen LogP contribution is 2.33. The monoisotopic (exact) mass is 323 g/mol. The summed E-state index contributed by atoms with van der Waals surface area (Å²) < 4.78 is 4.98. The molecule has 116 valence electrons. The van der Waals surface area contributed by atoms with Crippen molar-refractivity contribution >= 4 is 17.3 Å². The lowest BCUT2D eigenvalue weighted by molar-refractivity contribution is -0.142. The third kappa shape index (κ3) is 3.66. The SMILES string of the molecule is CCOC(=O)Cc1csc(-c2ccccc2-c2ccccc2)n1. The van der Waals surface area contributed by atoms with Crippen LogP contribution in [0.4, 0.5) is 0 Å². The molecule has 0 aliphatic heterocycles. The van der Waals surface area contributed by atoms with E-state index in [2.05, 4.69) is 29.2 Å². The van der Waals surface area contributed by atoms with Crippen molar-refractivity contribution in [2.24, 2.45) is 0 Å². The summed E-state index contributed by atoms with van der Waals surface area (Å²) in [5.41, 5.74) is 4.14. The Kier molecular flexibility index (Phi) is 4.83. The van der Waals surface area contributed by atoms with Crippen LogP contribution < -0.4 is 0 Å². The topological polar surface area (TPSA) is 39.2 Å². The van der Waals surface area contributed by atoms with Crippen molar-refractivity contribution < 1.29 is 9.53 Å². The molecular formula is C19H17NO2S. The van der Waals surface area contributed by atoms with Crippen LogP contribution in [-0.4, -0.2) is 17.6 Å². The number of thiazole rings is 1. The molecule has 4 heteroatoms. The van der Waals surface area contributed by atoms with Gasteiger partial charge >= 0.3 is 5.97 Å². The molecule has 0 amide bonds. The van der Waals surface area contributed by atoms with Crippen LogP contribution in [0.15, 0.2) is 60.0 Å². The molecule has 1 aromatic heterocycles. The quantitative estimate of drug-likeness (QED) is 0.645. The third-order valence-electron chi connectivity index (χ3n) is 3.42. The number of rotatable bonds is 5. The third-order valence-corrected chi connectivity index (χ3v) is 4.35. The molecule has 3 aromatic rings. The Hall–Kier alpha value is -2.46. The Labute approximate surface area is 139 Å². The number of carbonyl (C=O) groups is 1. The molecule has 0 N–H and O–H groups in total. The van der Waals surface area contributed by atoms with Crippen LogP contribution in [-0.2, 0) is 16.0 Å². The predicted molar refractivity (Wildman–Crippen MR) is 93.3 cm³/mol. The summed E-state index contributed by atoms with van der Waals surface area (Å²) in [6.07, 6.45) is 0.220. The smallest absolute Gasteiger partial charge is 0.311 e. The highest BCUT2D eigenvalue weighted by atomic mass is 32.1. The molecule has 2 aromatic carbocycles. The molecule has 0 bridgehead atoms. The Morgan fingerprint density at radius 1 is 1.04 bits per heavy atom. The van der Waals surface area contributed by atoms with E-state index in [0.717, 1.165) is 27.4 Å². The molecule has 3 rings (SSSR count). The molecule has 0 saturated heterocycles. The number of hydrogen-bond acceptors (Lipinski definition) is 4. The maximum atomic E-state index is 11.6. The Bertz CT molecular complexity index is 796. The van der Waals surface area contributed by atoms with Gasteiger partial charge in [-0.3, -0.25) is 4.79 Å². The Morgan fingerprint density at radius 2 is 1.74 bits per heavy atom. The van der Waals surface area contributed by atoms with E-state index in [1.807, 2.05) is 35.7 Å². The maximum Gasteiger partial charge on any atom is 0.311 e. The molecule has 1 heterocycles. The summed E-state index contributed by atoms with van der Waals surface area (Å²) in [7, 11) is 0. The number of ether oxygens (including phenoxy) is 1. The first kappa shape index (κ1) is 15.4. The first-order chi connectivity index (χ1) is 11.3. The van der Waals surface area contributed by atoms with Gasteiger partial charge in [0.05, 0.1) is 18.7 Å². The summed E-state index contributed by atoms with van der Waals surface area (Å²) >= 11 is 1.55. The Morgan fingerprint density at radius 3 is 2.48 bits per heavy atom. The largest absolute Gasteiger partial charge is 0.466 e. The van der Waals surface area contributed by atoms with E-state index in [-0.39, 0.29) is 12.4 Å².